The van der Waals surface area contributed by atoms with Gasteiger partial charge in [-0.1, -0.05) is 0 Å². The van der Waals surface area contributed by atoms with Crippen LogP contribution in [0.2, 0.25) is 0 Å². The Hall–Kier alpha value is 0.0400. The van der Waals surface area contributed by atoms with Crippen LogP contribution in [0, 0.1) is 16.7 Å². The molecule has 0 rings (SSSR count). The van der Waals surface area contributed by atoms with Gasteiger partial charge < -0.3 is 10.8 Å². The van der Waals surface area contributed by atoms with Crippen molar-refractivity contribution in [3.63, 3.8) is 0 Å². The van der Waals surface area contributed by atoms with Crippen LogP contribution in [0.4, 0.5) is 0 Å². The first-order chi connectivity index (χ1) is 5.55. The second-order valence-electron chi connectivity index (χ2n) is 3.14. The molecule has 4 heteroatoms. The molecule has 72 valence electrons. The molecule has 0 amide bonds. The molecule has 0 fully saturated rings. The third-order valence-corrected chi connectivity index (χ3v) is 6.97. The van der Waals surface area contributed by atoms with Crippen LogP contribution in [0.1, 0.15) is 6.42 Å². The van der Waals surface area contributed by atoms with Crippen molar-refractivity contribution in [2.45, 2.75) is 6.42 Å². The number of rotatable bonds is 6. The van der Waals surface area contributed by atoms with Gasteiger partial charge in [-0.2, -0.15) is 9.06 Å². The van der Waals surface area contributed by atoms with Gasteiger partial charge in [0.25, 0.3) is 0 Å². The Kier molecular flexibility index (Phi) is 5.66. The molecule has 0 aromatic carbocycles. The minimum Gasteiger partial charge on any atom is -0.313 e. The number of hydrogen-bond acceptors (Lipinski definition) is 3. The molecule has 2 nitrogen and oxygen atoms in total. The van der Waals surface area contributed by atoms with E-state index in [2.05, 4.69) is 18.8 Å². The van der Waals surface area contributed by atoms with Crippen LogP contribution in [0.25, 0.3) is 0 Å². The molecule has 12 heavy (non-hydrogen) atoms. The quantitative estimate of drug-likeness (QED) is 0.509. The fourth-order valence-corrected chi connectivity index (χ4v) is 3.25. The largest absolute Gasteiger partial charge is 0.313 e. The van der Waals surface area contributed by atoms with E-state index < -0.39 is 9.06 Å². The SMILES string of the molecule is CSS(C)(C)CC(C=N)CC=N. The van der Waals surface area contributed by atoms with E-state index in [-0.39, 0.29) is 5.92 Å². The van der Waals surface area contributed by atoms with E-state index >= 15 is 0 Å². The van der Waals surface area contributed by atoms with Gasteiger partial charge in [-0.05, 0) is 43.4 Å². The summed E-state index contributed by atoms with van der Waals surface area (Å²) in [6.45, 7) is 0. The van der Waals surface area contributed by atoms with Crippen LogP contribution in [0.3, 0.4) is 0 Å². The Bertz CT molecular complexity index is 157. The molecule has 1 unspecified atom stereocenters. The Morgan fingerprint density at radius 3 is 2.33 bits per heavy atom. The summed E-state index contributed by atoms with van der Waals surface area (Å²) in [5, 5.41) is 14.2. The summed E-state index contributed by atoms with van der Waals surface area (Å²) in [5.41, 5.74) is 0. The average Bonchev–Trinajstić information content (AvgIpc) is 2.03. The topological polar surface area (TPSA) is 47.7 Å². The van der Waals surface area contributed by atoms with Gasteiger partial charge in [-0.3, -0.25) is 0 Å². The highest BCUT2D eigenvalue weighted by atomic mass is 33.2. The molecule has 0 saturated heterocycles. The van der Waals surface area contributed by atoms with E-state index in [4.69, 9.17) is 10.8 Å². The lowest BCUT2D eigenvalue weighted by atomic mass is 10.1. The summed E-state index contributed by atoms with van der Waals surface area (Å²) >= 11 is 0. The maximum atomic E-state index is 7.19. The van der Waals surface area contributed by atoms with E-state index in [1.165, 1.54) is 12.4 Å². The molecular formula is C8H18N2S2. The van der Waals surface area contributed by atoms with E-state index in [1.54, 1.807) is 0 Å². The van der Waals surface area contributed by atoms with Crippen LogP contribution in [0.5, 0.6) is 0 Å². The van der Waals surface area contributed by atoms with E-state index in [1.807, 2.05) is 10.8 Å². The molecule has 0 saturated carbocycles. The minimum absolute atomic E-state index is 0.278. The summed E-state index contributed by atoms with van der Waals surface area (Å²) in [4.78, 5) is 0. The maximum absolute atomic E-state index is 7.19. The molecule has 1 atom stereocenters. The molecule has 0 aliphatic carbocycles. The zero-order chi connectivity index (χ0) is 9.61. The second kappa shape index (κ2) is 5.65. The molecule has 0 heterocycles. The lowest BCUT2D eigenvalue weighted by Crippen LogP contribution is -2.12. The van der Waals surface area contributed by atoms with Gasteiger partial charge in [0.1, 0.15) is 0 Å². The average molecular weight is 206 g/mol. The van der Waals surface area contributed by atoms with Gasteiger partial charge in [0.2, 0.25) is 0 Å². The van der Waals surface area contributed by atoms with Gasteiger partial charge >= 0.3 is 0 Å². The van der Waals surface area contributed by atoms with Crippen molar-refractivity contribution in [1.29, 1.82) is 10.8 Å². The number of nitrogens with one attached hydrogen (secondary N) is 2. The van der Waals surface area contributed by atoms with Crippen molar-refractivity contribution in [2.24, 2.45) is 5.92 Å². The summed E-state index contributed by atoms with van der Waals surface area (Å²) in [7, 11) is 1.31. The van der Waals surface area contributed by atoms with Crippen molar-refractivity contribution in [3.8, 4) is 0 Å². The summed E-state index contributed by atoms with van der Waals surface area (Å²) in [5.74, 6) is 1.34. The Morgan fingerprint density at radius 1 is 1.42 bits per heavy atom. The molecule has 0 aromatic rings. The van der Waals surface area contributed by atoms with E-state index in [0.29, 0.717) is 0 Å². The summed E-state index contributed by atoms with van der Waals surface area (Å²) in [6, 6.07) is 0. The third kappa shape index (κ3) is 4.83. The van der Waals surface area contributed by atoms with Crippen LogP contribution in [0.15, 0.2) is 0 Å². The van der Waals surface area contributed by atoms with Gasteiger partial charge in [-0.15, -0.1) is 10.8 Å². The summed E-state index contributed by atoms with van der Waals surface area (Å²) in [6.07, 6.45) is 10.3. The van der Waals surface area contributed by atoms with Gasteiger partial charge in [0, 0.05) is 5.92 Å². The Morgan fingerprint density at radius 2 is 2.00 bits per heavy atom. The molecular weight excluding hydrogens is 188 g/mol. The first-order valence-electron chi connectivity index (χ1n) is 3.82. The van der Waals surface area contributed by atoms with E-state index in [0.717, 1.165) is 12.2 Å². The molecule has 0 aliphatic rings. The standard InChI is InChI=1S/C8H18N2S2/c1-11-12(2,3)7-8(6-10)4-5-9/h5-6,8-10H,4,7H2,1-3H3. The van der Waals surface area contributed by atoms with Crippen LogP contribution < -0.4 is 0 Å². The van der Waals surface area contributed by atoms with Crippen LogP contribution >= 0.6 is 19.9 Å². The fourth-order valence-electron chi connectivity index (χ4n) is 0.919. The molecule has 0 bridgehead atoms. The molecule has 2 N–H and O–H groups in total. The van der Waals surface area contributed by atoms with Crippen LogP contribution in [-0.2, 0) is 0 Å². The molecule has 0 radical (unpaired) electrons. The van der Waals surface area contributed by atoms with Gasteiger partial charge in [-0.25, -0.2) is 0 Å². The van der Waals surface area contributed by atoms with Crippen molar-refractivity contribution < 1.29 is 0 Å². The smallest absolute Gasteiger partial charge is 0.00678 e. The zero-order valence-corrected chi connectivity index (χ0v) is 9.60. The second-order valence-corrected chi connectivity index (χ2v) is 10.4. The normalized spacial score (nSPS) is 15.2. The van der Waals surface area contributed by atoms with Crippen LogP contribution in [-0.4, -0.2) is 36.9 Å². The molecule has 0 aliphatic heterocycles. The van der Waals surface area contributed by atoms with Gasteiger partial charge in [0.15, 0.2) is 0 Å². The van der Waals surface area contributed by atoms with Crippen molar-refractivity contribution in [2.75, 3.05) is 24.5 Å². The predicted octanol–water partition coefficient (Wildman–Crippen LogP) is 2.63. The summed E-state index contributed by atoms with van der Waals surface area (Å²) < 4.78 is 0. The minimum atomic E-state index is -0.591. The fraction of sp³-hybridized carbons (Fsp3) is 0.750. The lowest BCUT2D eigenvalue weighted by Gasteiger charge is -2.30. The monoisotopic (exact) mass is 206 g/mol. The highest BCUT2D eigenvalue weighted by Gasteiger charge is 2.15. The highest BCUT2D eigenvalue weighted by Crippen LogP contribution is 2.52. The lowest BCUT2D eigenvalue weighted by molar-refractivity contribution is 0.850. The predicted molar refractivity (Wildman–Crippen MR) is 63.5 cm³/mol. The molecule has 0 aromatic heterocycles. The Labute approximate surface area is 80.2 Å². The first kappa shape index (κ1) is 12.0. The molecule has 0 spiro atoms. The first-order valence-corrected chi connectivity index (χ1v) is 8.18. The highest BCUT2D eigenvalue weighted by molar-refractivity contribution is 8.93. The maximum Gasteiger partial charge on any atom is 0.00678 e. The zero-order valence-electron chi connectivity index (χ0n) is 7.96. The third-order valence-electron chi connectivity index (χ3n) is 1.72. The van der Waals surface area contributed by atoms with E-state index in [9.17, 15) is 0 Å². The van der Waals surface area contributed by atoms with Crippen molar-refractivity contribution >= 4 is 32.3 Å². The van der Waals surface area contributed by atoms with Crippen molar-refractivity contribution in [1.82, 2.24) is 0 Å². The number of hydrogen-bond donors (Lipinski definition) is 2. The Balaban J connectivity index is 4.00. The van der Waals surface area contributed by atoms with Gasteiger partial charge in [0.05, 0.1) is 0 Å². The van der Waals surface area contributed by atoms with Crippen molar-refractivity contribution in [3.05, 3.63) is 0 Å².